The zero-order valence-corrected chi connectivity index (χ0v) is 16.3. The molecule has 164 valence electrons. The fourth-order valence-electron chi connectivity index (χ4n) is 3.26. The van der Waals surface area contributed by atoms with Gasteiger partial charge in [0.1, 0.15) is 17.5 Å². The minimum atomic E-state index is -1.29. The Hall–Kier alpha value is -4.35. The predicted octanol–water partition coefficient (Wildman–Crippen LogP) is 2.76. The average Bonchev–Trinajstić information content (AvgIpc) is 3.11. The van der Waals surface area contributed by atoms with E-state index < -0.39 is 29.1 Å². The van der Waals surface area contributed by atoms with Gasteiger partial charge in [0, 0.05) is 17.4 Å². The SMILES string of the molecule is Nc1nc(-n2nc(Cc3c(F)ccc(F)c3F)c3ccccc32)nc(N)c1CNC(=O)O. The van der Waals surface area contributed by atoms with E-state index in [9.17, 15) is 18.0 Å². The lowest BCUT2D eigenvalue weighted by Gasteiger charge is -2.10. The first-order valence-corrected chi connectivity index (χ1v) is 9.24. The second-order valence-corrected chi connectivity index (χ2v) is 6.81. The molecule has 0 unspecified atom stereocenters. The van der Waals surface area contributed by atoms with Gasteiger partial charge < -0.3 is 21.9 Å². The van der Waals surface area contributed by atoms with Crippen LogP contribution in [0.25, 0.3) is 16.9 Å². The van der Waals surface area contributed by atoms with Crippen LogP contribution in [0.2, 0.25) is 0 Å². The highest BCUT2D eigenvalue weighted by atomic mass is 19.2. The van der Waals surface area contributed by atoms with E-state index in [-0.39, 0.29) is 41.8 Å². The number of nitrogens with one attached hydrogen (secondary N) is 1. The lowest BCUT2D eigenvalue weighted by atomic mass is 10.1. The molecule has 2 aromatic carbocycles. The number of anilines is 2. The van der Waals surface area contributed by atoms with Gasteiger partial charge in [-0.25, -0.2) is 18.0 Å². The first-order valence-electron chi connectivity index (χ1n) is 9.24. The molecule has 1 amide bonds. The molecule has 4 rings (SSSR count). The Morgan fingerprint density at radius 1 is 1.00 bits per heavy atom. The molecule has 0 aliphatic rings. The summed E-state index contributed by atoms with van der Waals surface area (Å²) in [6.45, 7) is -0.198. The van der Waals surface area contributed by atoms with E-state index in [1.807, 2.05) is 0 Å². The van der Waals surface area contributed by atoms with Crippen molar-refractivity contribution in [2.24, 2.45) is 0 Å². The largest absolute Gasteiger partial charge is 0.465 e. The van der Waals surface area contributed by atoms with Crippen molar-refractivity contribution < 1.29 is 23.1 Å². The van der Waals surface area contributed by atoms with E-state index in [1.54, 1.807) is 24.3 Å². The van der Waals surface area contributed by atoms with Gasteiger partial charge >= 0.3 is 6.09 Å². The van der Waals surface area contributed by atoms with Crippen molar-refractivity contribution in [1.82, 2.24) is 25.1 Å². The maximum absolute atomic E-state index is 14.2. The average molecular weight is 443 g/mol. The first kappa shape index (κ1) is 20.9. The van der Waals surface area contributed by atoms with Crippen molar-refractivity contribution in [2.45, 2.75) is 13.0 Å². The molecule has 0 aliphatic carbocycles. The maximum Gasteiger partial charge on any atom is 0.404 e. The number of hydrogen-bond donors (Lipinski definition) is 4. The van der Waals surface area contributed by atoms with Crippen LogP contribution in [-0.4, -0.2) is 30.9 Å². The summed E-state index contributed by atoms with van der Waals surface area (Å²) < 4.78 is 43.3. The summed E-state index contributed by atoms with van der Waals surface area (Å²) in [6, 6.07) is 8.35. The number of nitrogens with zero attached hydrogens (tertiary/aromatic N) is 4. The van der Waals surface area contributed by atoms with Crippen LogP contribution in [0.15, 0.2) is 36.4 Å². The van der Waals surface area contributed by atoms with Crippen molar-refractivity contribution in [3.05, 3.63) is 70.7 Å². The molecule has 0 radical (unpaired) electrons. The number of halogens is 3. The molecule has 0 atom stereocenters. The highest BCUT2D eigenvalue weighted by molar-refractivity contribution is 5.83. The van der Waals surface area contributed by atoms with E-state index in [1.165, 1.54) is 4.68 Å². The normalized spacial score (nSPS) is 11.1. The molecular weight excluding hydrogens is 427 g/mol. The zero-order chi connectivity index (χ0) is 23.0. The molecular formula is C20H16F3N7O2. The van der Waals surface area contributed by atoms with Gasteiger partial charge in [0.2, 0.25) is 0 Å². The van der Waals surface area contributed by atoms with Gasteiger partial charge in [-0.1, -0.05) is 18.2 Å². The van der Waals surface area contributed by atoms with Crippen molar-refractivity contribution in [1.29, 1.82) is 0 Å². The van der Waals surface area contributed by atoms with E-state index in [0.29, 0.717) is 17.0 Å². The fourth-order valence-corrected chi connectivity index (χ4v) is 3.26. The smallest absolute Gasteiger partial charge is 0.404 e. The summed E-state index contributed by atoms with van der Waals surface area (Å²) in [5.41, 5.74) is 12.3. The second-order valence-electron chi connectivity index (χ2n) is 6.81. The summed E-state index contributed by atoms with van der Waals surface area (Å²) in [7, 11) is 0. The van der Waals surface area contributed by atoms with E-state index in [2.05, 4.69) is 20.4 Å². The third-order valence-corrected chi connectivity index (χ3v) is 4.81. The quantitative estimate of drug-likeness (QED) is 0.347. The monoisotopic (exact) mass is 443 g/mol. The van der Waals surface area contributed by atoms with E-state index >= 15 is 0 Å². The Morgan fingerprint density at radius 3 is 2.34 bits per heavy atom. The topological polar surface area (TPSA) is 145 Å². The maximum atomic E-state index is 14.2. The standard InChI is InChI=1S/C20H16F3N7O2/c21-12-5-6-13(22)16(23)10(12)7-14-9-3-1-2-4-15(9)30(29-14)19-27-17(24)11(18(25)28-19)8-26-20(31)32/h1-6,26H,7-8H2,(H,31,32)(H4,24,25,27,28). The lowest BCUT2D eigenvalue weighted by molar-refractivity contribution is 0.194. The third-order valence-electron chi connectivity index (χ3n) is 4.81. The number of nitrogens with two attached hydrogens (primary N) is 2. The van der Waals surface area contributed by atoms with Crippen LogP contribution in [0.5, 0.6) is 0 Å². The number of para-hydroxylation sites is 1. The molecule has 32 heavy (non-hydrogen) atoms. The van der Waals surface area contributed by atoms with Crippen LogP contribution in [0.4, 0.5) is 29.6 Å². The number of amides is 1. The van der Waals surface area contributed by atoms with Gasteiger partial charge in [0.25, 0.3) is 5.95 Å². The first-order chi connectivity index (χ1) is 15.3. The van der Waals surface area contributed by atoms with Crippen LogP contribution in [0, 0.1) is 17.5 Å². The van der Waals surface area contributed by atoms with Gasteiger partial charge in [-0.2, -0.15) is 19.7 Å². The number of rotatable bonds is 5. The number of carbonyl (C=O) groups is 1. The summed E-state index contributed by atoms with van der Waals surface area (Å²) in [5.74, 6) is -3.51. The Labute approximate surface area is 178 Å². The van der Waals surface area contributed by atoms with Gasteiger partial charge in [-0.05, 0) is 18.2 Å². The van der Waals surface area contributed by atoms with Gasteiger partial charge in [-0.3, -0.25) is 0 Å². The van der Waals surface area contributed by atoms with Crippen molar-refractivity contribution in [3.8, 4) is 5.95 Å². The summed E-state index contributed by atoms with van der Waals surface area (Å²) in [6.07, 6.45) is -1.60. The Bertz CT molecular complexity index is 1330. The molecule has 4 aromatic rings. The van der Waals surface area contributed by atoms with Gasteiger partial charge in [0.05, 0.1) is 23.3 Å². The molecule has 0 saturated carbocycles. The van der Waals surface area contributed by atoms with Crippen LogP contribution >= 0.6 is 0 Å². The van der Waals surface area contributed by atoms with Crippen LogP contribution in [-0.2, 0) is 13.0 Å². The van der Waals surface area contributed by atoms with Crippen molar-refractivity contribution >= 4 is 28.6 Å². The highest BCUT2D eigenvalue weighted by Crippen LogP contribution is 2.27. The molecule has 2 heterocycles. The number of carboxylic acid groups (broad SMARTS) is 1. The van der Waals surface area contributed by atoms with Crippen molar-refractivity contribution in [2.75, 3.05) is 11.5 Å². The Morgan fingerprint density at radius 2 is 1.66 bits per heavy atom. The molecule has 2 aromatic heterocycles. The van der Waals surface area contributed by atoms with Crippen LogP contribution in [0.3, 0.4) is 0 Å². The molecule has 6 N–H and O–H groups in total. The number of nitrogen functional groups attached to an aromatic ring is 2. The minimum Gasteiger partial charge on any atom is -0.465 e. The van der Waals surface area contributed by atoms with E-state index in [4.69, 9.17) is 16.6 Å². The third kappa shape index (κ3) is 3.73. The predicted molar refractivity (Wildman–Crippen MR) is 109 cm³/mol. The van der Waals surface area contributed by atoms with Gasteiger partial charge in [0.15, 0.2) is 11.6 Å². The van der Waals surface area contributed by atoms with Crippen LogP contribution < -0.4 is 16.8 Å². The molecule has 0 aliphatic heterocycles. The number of hydrogen-bond acceptors (Lipinski definition) is 6. The highest BCUT2D eigenvalue weighted by Gasteiger charge is 2.20. The molecule has 0 saturated heterocycles. The lowest BCUT2D eigenvalue weighted by Crippen LogP contribution is -2.23. The molecule has 0 bridgehead atoms. The minimum absolute atomic E-state index is 0.0262. The van der Waals surface area contributed by atoms with E-state index in [0.717, 1.165) is 6.07 Å². The fraction of sp³-hybridized carbons (Fsp3) is 0.100. The number of fused-ring (bicyclic) bond motifs is 1. The summed E-state index contributed by atoms with van der Waals surface area (Å²) >= 11 is 0. The number of benzene rings is 2. The Kier molecular flexibility index (Phi) is 5.26. The van der Waals surface area contributed by atoms with Crippen LogP contribution in [0.1, 0.15) is 16.8 Å². The summed E-state index contributed by atoms with van der Waals surface area (Å²) in [4.78, 5) is 19.0. The molecule has 0 fully saturated rings. The zero-order valence-electron chi connectivity index (χ0n) is 16.3. The van der Waals surface area contributed by atoms with Gasteiger partial charge in [-0.15, -0.1) is 0 Å². The second kappa shape index (κ2) is 8.06. The molecule has 9 nitrogen and oxygen atoms in total. The molecule has 12 heteroatoms. The number of aromatic nitrogens is 4. The Balaban J connectivity index is 1.81. The van der Waals surface area contributed by atoms with Crippen molar-refractivity contribution in [3.63, 3.8) is 0 Å². The summed E-state index contributed by atoms with van der Waals surface area (Å²) in [5, 5.41) is 15.8. The molecule has 0 spiro atoms.